The van der Waals surface area contributed by atoms with Crippen LogP contribution in [0.4, 0.5) is 0 Å². The van der Waals surface area contributed by atoms with Gasteiger partial charge in [-0.05, 0) is 0 Å². The number of aromatic nitrogens is 1. The molecule has 1 aromatic heterocycles. The zero-order valence-corrected chi connectivity index (χ0v) is 9.84. The van der Waals surface area contributed by atoms with Crippen molar-refractivity contribution in [3.05, 3.63) is 24.5 Å². The van der Waals surface area contributed by atoms with E-state index >= 15 is 0 Å². The van der Waals surface area contributed by atoms with Gasteiger partial charge in [-0.2, -0.15) is 18.3 Å². The number of hydrogen-bond acceptors (Lipinski definition) is 0. The van der Waals surface area contributed by atoms with Crippen molar-refractivity contribution in [2.75, 3.05) is 0 Å². The Kier molecular flexibility index (Phi) is 1.13. The minimum Gasteiger partial charge on any atom is -0.484 e. The van der Waals surface area contributed by atoms with Gasteiger partial charge in [0.15, 0.2) is 0 Å². The molecule has 0 amide bonds. The average Bonchev–Trinajstić information content (AvgIpc) is 1.76. The van der Waals surface area contributed by atoms with Gasteiger partial charge in [-0.3, -0.25) is 0 Å². The maximum atomic E-state index is 2.74. The topological polar surface area (TPSA) is 15.8 Å². The molecular weight excluding hydrogens is 329 g/mol. The number of rotatable bonds is 0. The van der Waals surface area contributed by atoms with Crippen LogP contribution < -0.4 is 0 Å². The molecule has 0 bridgehead atoms. The van der Waals surface area contributed by atoms with Gasteiger partial charge in [0, 0.05) is 0 Å². The van der Waals surface area contributed by atoms with E-state index in [9.17, 15) is 0 Å². The second kappa shape index (κ2) is 1.58. The first-order valence-corrected chi connectivity index (χ1v) is 1.49. The van der Waals surface area contributed by atoms with Gasteiger partial charge in [0.05, 0.1) is 0 Å². The van der Waals surface area contributed by atoms with Gasteiger partial charge in [-0.25, -0.2) is 0 Å². The summed E-state index contributed by atoms with van der Waals surface area (Å²) in [6.07, 6.45) is 4.56. The van der Waals surface area contributed by atoms with E-state index in [1.54, 1.807) is 0 Å². The zero-order chi connectivity index (χ0) is 3.54. The summed E-state index contributed by atoms with van der Waals surface area (Å²) in [6, 6.07) is 3.71. The number of nitrogens with one attached hydrogen (secondary N) is 1. The third kappa shape index (κ3) is 0.347. The third-order valence-corrected chi connectivity index (χ3v) is 0.442. The summed E-state index contributed by atoms with van der Waals surface area (Å²) in [4.78, 5) is 2.74. The van der Waals surface area contributed by atoms with Crippen LogP contribution in [0.5, 0.6) is 0 Å². The van der Waals surface area contributed by atoms with E-state index in [1.165, 1.54) is 0 Å². The van der Waals surface area contributed by atoms with Crippen LogP contribution in [0.1, 0.15) is 0 Å². The summed E-state index contributed by atoms with van der Waals surface area (Å²) >= 11 is 0. The van der Waals surface area contributed by atoms with Crippen LogP contribution in [0.2, 0.25) is 0 Å². The number of hydrogen-bond donors (Lipinski definition) is 1. The minimum absolute atomic E-state index is 0. The molecule has 2 heteroatoms. The van der Waals surface area contributed by atoms with Crippen molar-refractivity contribution in [1.29, 1.82) is 0 Å². The van der Waals surface area contributed by atoms with Crippen molar-refractivity contribution in [2.24, 2.45) is 0 Å². The smallest absolute Gasteiger partial charge is 0 e. The molecule has 1 aromatic rings. The molecule has 0 unspecified atom stereocenters. The first-order valence-electron chi connectivity index (χ1n) is 1.49. The summed E-state index contributed by atoms with van der Waals surface area (Å²) in [7, 11) is 0. The van der Waals surface area contributed by atoms with Crippen LogP contribution in [0.3, 0.4) is 0 Å². The zero-order valence-electron chi connectivity index (χ0n) is 3.44. The molecular formula is C4H4NRf-. The average molecular weight is 333 g/mol. The van der Waals surface area contributed by atoms with Gasteiger partial charge in [0.2, 0.25) is 0 Å². The minimum atomic E-state index is 0. The van der Waals surface area contributed by atoms with Crippen LogP contribution in [-0.2, 0) is 0 Å². The molecule has 0 aliphatic heterocycles. The summed E-state index contributed by atoms with van der Waals surface area (Å²) < 4.78 is 0. The molecule has 1 N–H and O–H groups in total. The van der Waals surface area contributed by atoms with Gasteiger partial charge >= 0.3 is 0 Å². The van der Waals surface area contributed by atoms with Crippen LogP contribution >= 0.6 is 0 Å². The van der Waals surface area contributed by atoms with Gasteiger partial charge in [-0.1, -0.05) is 0 Å². The van der Waals surface area contributed by atoms with Crippen LogP contribution in [0.15, 0.2) is 18.3 Å². The van der Waals surface area contributed by atoms with Crippen molar-refractivity contribution in [2.45, 2.75) is 0 Å². The van der Waals surface area contributed by atoms with Crippen molar-refractivity contribution in [3.8, 4) is 0 Å². The van der Waals surface area contributed by atoms with Crippen LogP contribution in [-0.4, -0.2) is 4.98 Å². The molecule has 0 atom stereocenters. The Morgan fingerprint density at radius 2 is 2.33 bits per heavy atom. The van der Waals surface area contributed by atoms with E-state index in [0.29, 0.717) is 0 Å². The second-order valence-electron chi connectivity index (χ2n) is 0.814. The fourth-order valence-corrected chi connectivity index (χ4v) is 0.241. The van der Waals surface area contributed by atoms with E-state index in [4.69, 9.17) is 0 Å². The summed E-state index contributed by atoms with van der Waals surface area (Å²) in [6.45, 7) is 0. The molecule has 0 aromatic carbocycles. The standard InChI is InChI=1S/C4H4N.Rf/c1-2-4-5-3-1;/h1-3,5H;/q-1;. The van der Waals surface area contributed by atoms with E-state index in [1.807, 2.05) is 18.3 Å². The summed E-state index contributed by atoms with van der Waals surface area (Å²) in [5, 5.41) is 0. The molecule has 28 valence electrons. The van der Waals surface area contributed by atoms with Crippen LogP contribution in [0.25, 0.3) is 0 Å². The molecule has 0 aliphatic rings. The molecule has 0 saturated carbocycles. The van der Waals surface area contributed by atoms with Crippen molar-refractivity contribution < 1.29 is 0 Å². The van der Waals surface area contributed by atoms with E-state index in [0.717, 1.165) is 0 Å². The maximum Gasteiger partial charge on any atom is 0 e. The van der Waals surface area contributed by atoms with Crippen molar-refractivity contribution in [1.82, 2.24) is 4.98 Å². The van der Waals surface area contributed by atoms with Gasteiger partial charge < -0.3 is 4.98 Å². The third-order valence-electron chi connectivity index (χ3n) is 0.442. The normalized spacial score (nSPS) is 6.67. The Bertz CT molecular complexity index is 64.0. The fourth-order valence-electron chi connectivity index (χ4n) is 0.241. The monoisotopic (exact) mass is 333 g/mol. The predicted octanol–water partition coefficient (Wildman–Crippen LogP) is 0.815. The molecule has 1 nitrogen and oxygen atoms in total. The predicted molar refractivity (Wildman–Crippen MR) is 19.6 cm³/mol. The molecule has 1 heterocycles. The van der Waals surface area contributed by atoms with Crippen LogP contribution in [0, 0.1) is 6.20 Å². The van der Waals surface area contributed by atoms with Gasteiger partial charge in [-0.15, -0.1) is 6.20 Å². The SMILES string of the molecule is [Rf].[c-]1ccc[nH]1. The number of H-pyrrole nitrogens is 1. The largest absolute Gasteiger partial charge is 0.484 e. The van der Waals surface area contributed by atoms with E-state index in [2.05, 4.69) is 11.2 Å². The Morgan fingerprint density at radius 3 is 2.50 bits per heavy atom. The molecule has 0 spiro atoms. The van der Waals surface area contributed by atoms with E-state index in [-0.39, 0.29) is 0 Å². The summed E-state index contributed by atoms with van der Waals surface area (Å²) in [5.41, 5.74) is 0. The molecule has 6 heavy (non-hydrogen) atoms. The Morgan fingerprint density at radius 1 is 1.50 bits per heavy atom. The quantitative estimate of drug-likeness (QED) is 0.677. The molecule has 0 radical (unpaired) electrons. The second-order valence-corrected chi connectivity index (χ2v) is 0.814. The Balaban J connectivity index is 0.000000250. The van der Waals surface area contributed by atoms with Crippen molar-refractivity contribution in [3.63, 3.8) is 0 Å². The first kappa shape index (κ1) is 4.28. The summed E-state index contributed by atoms with van der Waals surface area (Å²) in [5.74, 6) is 0. The number of aromatic amines is 1. The Hall–Kier alpha value is -1.72. The fraction of sp³-hybridized carbons (Fsp3) is 0. The molecule has 0 aliphatic carbocycles. The molecule has 0 fully saturated rings. The first-order chi connectivity index (χ1) is 2.50. The Labute approximate surface area is 30.6 Å². The van der Waals surface area contributed by atoms with Crippen molar-refractivity contribution >= 4 is 0 Å². The molecule has 0 saturated heterocycles. The maximum absolute atomic E-state index is 2.74. The molecule has 1 rings (SSSR count). The van der Waals surface area contributed by atoms with E-state index < -0.39 is 0 Å². The van der Waals surface area contributed by atoms with Gasteiger partial charge in [0.1, 0.15) is 0 Å². The van der Waals surface area contributed by atoms with Gasteiger partial charge in [0.25, 0.3) is 0 Å².